The minimum absolute atomic E-state index is 1.07. The Morgan fingerprint density at radius 2 is 1.08 bits per heavy atom. The SMILES string of the molecule is C1=C\CCC/C=C/C/C=C/C=C/C/1. The molecule has 0 spiro atoms. The minimum Gasteiger partial charge on any atom is -0.0882 e. The van der Waals surface area contributed by atoms with Gasteiger partial charge in [0.1, 0.15) is 0 Å². The fourth-order valence-electron chi connectivity index (χ4n) is 1.25. The summed E-state index contributed by atoms with van der Waals surface area (Å²) in [7, 11) is 0. The first kappa shape index (κ1) is 10.0. The average Bonchev–Trinajstić information content (AvgIpc) is 2.18. The largest absolute Gasteiger partial charge is 0.0882 e. The first-order valence-corrected chi connectivity index (χ1v) is 5.12. The third kappa shape index (κ3) is 6.15. The first-order valence-electron chi connectivity index (χ1n) is 5.12. The summed E-state index contributed by atoms with van der Waals surface area (Å²) < 4.78 is 0. The number of rotatable bonds is 0. The van der Waals surface area contributed by atoms with Crippen molar-refractivity contribution in [2.75, 3.05) is 0 Å². The molecule has 0 heterocycles. The van der Waals surface area contributed by atoms with Gasteiger partial charge in [-0.15, -0.1) is 0 Å². The van der Waals surface area contributed by atoms with Crippen LogP contribution in [0.2, 0.25) is 0 Å². The molecule has 0 aliphatic heterocycles. The van der Waals surface area contributed by atoms with E-state index < -0.39 is 0 Å². The summed E-state index contributed by atoms with van der Waals surface area (Å²) in [6, 6.07) is 0. The zero-order valence-electron chi connectivity index (χ0n) is 8.15. The van der Waals surface area contributed by atoms with Gasteiger partial charge >= 0.3 is 0 Å². The van der Waals surface area contributed by atoms with Gasteiger partial charge in [0.05, 0.1) is 0 Å². The van der Waals surface area contributed by atoms with Crippen molar-refractivity contribution in [3.63, 3.8) is 0 Å². The van der Waals surface area contributed by atoms with Crippen molar-refractivity contribution in [3.8, 4) is 0 Å². The van der Waals surface area contributed by atoms with Crippen LogP contribution >= 0.6 is 0 Å². The van der Waals surface area contributed by atoms with Gasteiger partial charge in [-0.05, 0) is 32.1 Å². The highest BCUT2D eigenvalue weighted by molar-refractivity contribution is 5.07. The second-order valence-electron chi connectivity index (χ2n) is 3.20. The van der Waals surface area contributed by atoms with Crippen LogP contribution in [0.15, 0.2) is 48.6 Å². The van der Waals surface area contributed by atoms with Crippen molar-refractivity contribution in [2.24, 2.45) is 0 Å². The van der Waals surface area contributed by atoms with Crippen LogP contribution in [0, 0.1) is 0 Å². The van der Waals surface area contributed by atoms with Crippen LogP contribution in [0.25, 0.3) is 0 Å². The van der Waals surface area contributed by atoms with E-state index in [2.05, 4.69) is 48.6 Å². The highest BCUT2D eigenvalue weighted by Crippen LogP contribution is 2.01. The van der Waals surface area contributed by atoms with Crippen molar-refractivity contribution in [1.82, 2.24) is 0 Å². The van der Waals surface area contributed by atoms with E-state index in [9.17, 15) is 0 Å². The van der Waals surface area contributed by atoms with E-state index in [1.165, 1.54) is 19.3 Å². The van der Waals surface area contributed by atoms with E-state index in [1.54, 1.807) is 0 Å². The molecule has 1 aliphatic carbocycles. The highest BCUT2D eigenvalue weighted by atomic mass is 13.9. The van der Waals surface area contributed by atoms with Crippen molar-refractivity contribution >= 4 is 0 Å². The fourth-order valence-corrected chi connectivity index (χ4v) is 1.25. The predicted octanol–water partition coefficient (Wildman–Crippen LogP) is 4.18. The average molecular weight is 174 g/mol. The van der Waals surface area contributed by atoms with Gasteiger partial charge in [-0.2, -0.15) is 0 Å². The molecule has 0 unspecified atom stereocenters. The molecule has 1 rings (SSSR count). The maximum absolute atomic E-state index is 2.28. The molecule has 0 atom stereocenters. The molecule has 0 aromatic heterocycles. The summed E-state index contributed by atoms with van der Waals surface area (Å²) in [6.45, 7) is 0. The Kier molecular flexibility index (Phi) is 5.87. The first-order chi connectivity index (χ1) is 6.50. The Balaban J connectivity index is 2.38. The Morgan fingerprint density at radius 1 is 0.538 bits per heavy atom. The van der Waals surface area contributed by atoms with Crippen LogP contribution in [0.1, 0.15) is 32.1 Å². The summed E-state index contributed by atoms with van der Waals surface area (Å²) in [5.41, 5.74) is 0. The standard InChI is InChI=1S/C13H18/c1-2-4-6-8-10-12-13-11-9-7-5-3-1/h1-4,7-10H,5-6,11-13H2/b3-1+,4-2+,9-7-,10-8+. The molecule has 0 N–H and O–H groups in total. The molecular formula is C13H18. The monoisotopic (exact) mass is 174 g/mol. The maximum atomic E-state index is 2.28. The second kappa shape index (κ2) is 7.60. The van der Waals surface area contributed by atoms with E-state index in [1.807, 2.05) is 0 Å². The Hall–Kier alpha value is -1.04. The molecule has 0 bridgehead atoms. The van der Waals surface area contributed by atoms with Crippen LogP contribution in [0.3, 0.4) is 0 Å². The Bertz CT molecular complexity index is 192. The maximum Gasteiger partial charge on any atom is -0.0166 e. The Morgan fingerprint density at radius 3 is 1.62 bits per heavy atom. The van der Waals surface area contributed by atoms with E-state index in [0.717, 1.165) is 12.8 Å². The van der Waals surface area contributed by atoms with Crippen LogP contribution in [-0.2, 0) is 0 Å². The summed E-state index contributed by atoms with van der Waals surface area (Å²) in [5, 5.41) is 0. The van der Waals surface area contributed by atoms with Crippen molar-refractivity contribution < 1.29 is 0 Å². The molecule has 0 nitrogen and oxygen atoms in total. The van der Waals surface area contributed by atoms with Gasteiger partial charge in [0, 0.05) is 0 Å². The lowest BCUT2D eigenvalue weighted by molar-refractivity contribution is 0.864. The van der Waals surface area contributed by atoms with Gasteiger partial charge in [0.15, 0.2) is 0 Å². The third-order valence-electron chi connectivity index (χ3n) is 2.00. The van der Waals surface area contributed by atoms with E-state index in [0.29, 0.717) is 0 Å². The quantitative estimate of drug-likeness (QED) is 0.483. The topological polar surface area (TPSA) is 0 Å². The molecule has 1 aliphatic rings. The zero-order chi connectivity index (χ0) is 9.19. The predicted molar refractivity (Wildman–Crippen MR) is 59.6 cm³/mol. The molecule has 13 heavy (non-hydrogen) atoms. The molecule has 0 saturated heterocycles. The smallest absolute Gasteiger partial charge is 0.0166 e. The van der Waals surface area contributed by atoms with Crippen molar-refractivity contribution in [3.05, 3.63) is 48.6 Å². The van der Waals surface area contributed by atoms with Gasteiger partial charge in [-0.1, -0.05) is 48.6 Å². The molecule has 0 fully saturated rings. The zero-order valence-corrected chi connectivity index (χ0v) is 8.15. The van der Waals surface area contributed by atoms with Gasteiger partial charge in [-0.25, -0.2) is 0 Å². The minimum atomic E-state index is 1.07. The normalized spacial score (nSPS) is 28.9. The molecule has 0 heteroatoms. The van der Waals surface area contributed by atoms with Crippen molar-refractivity contribution in [2.45, 2.75) is 32.1 Å². The van der Waals surface area contributed by atoms with Crippen LogP contribution < -0.4 is 0 Å². The molecule has 0 radical (unpaired) electrons. The third-order valence-corrected chi connectivity index (χ3v) is 2.00. The summed E-state index contributed by atoms with van der Waals surface area (Å²) in [5.74, 6) is 0. The van der Waals surface area contributed by atoms with Crippen LogP contribution in [-0.4, -0.2) is 0 Å². The number of allylic oxidation sites excluding steroid dienone is 8. The summed E-state index contributed by atoms with van der Waals surface area (Å²) in [6.07, 6.45) is 23.5. The lowest BCUT2D eigenvalue weighted by Gasteiger charge is -1.89. The molecule has 0 aromatic rings. The summed E-state index contributed by atoms with van der Waals surface area (Å²) in [4.78, 5) is 0. The van der Waals surface area contributed by atoms with E-state index >= 15 is 0 Å². The molecule has 70 valence electrons. The molecule has 0 aromatic carbocycles. The van der Waals surface area contributed by atoms with E-state index in [4.69, 9.17) is 0 Å². The van der Waals surface area contributed by atoms with Crippen LogP contribution in [0.5, 0.6) is 0 Å². The highest BCUT2D eigenvalue weighted by Gasteiger charge is 1.80. The lowest BCUT2D eigenvalue weighted by Crippen LogP contribution is -1.69. The van der Waals surface area contributed by atoms with Crippen LogP contribution in [0.4, 0.5) is 0 Å². The van der Waals surface area contributed by atoms with Gasteiger partial charge in [0.2, 0.25) is 0 Å². The van der Waals surface area contributed by atoms with Gasteiger partial charge < -0.3 is 0 Å². The molecule has 0 saturated carbocycles. The van der Waals surface area contributed by atoms with Gasteiger partial charge in [-0.3, -0.25) is 0 Å². The Labute approximate surface area is 81.4 Å². The second-order valence-corrected chi connectivity index (χ2v) is 3.20. The lowest BCUT2D eigenvalue weighted by atomic mass is 10.2. The van der Waals surface area contributed by atoms with Gasteiger partial charge in [0.25, 0.3) is 0 Å². The van der Waals surface area contributed by atoms with Crippen molar-refractivity contribution in [1.29, 1.82) is 0 Å². The summed E-state index contributed by atoms with van der Waals surface area (Å²) >= 11 is 0. The van der Waals surface area contributed by atoms with E-state index in [-0.39, 0.29) is 0 Å². The number of hydrogen-bond acceptors (Lipinski definition) is 0. The number of hydrogen-bond donors (Lipinski definition) is 0. The molecular weight excluding hydrogens is 156 g/mol. The molecule has 0 amide bonds. The fraction of sp³-hybridized carbons (Fsp3) is 0.385.